The van der Waals surface area contributed by atoms with E-state index in [1.54, 1.807) is 13.1 Å². The summed E-state index contributed by atoms with van der Waals surface area (Å²) in [6.45, 7) is 0. The Balaban J connectivity index is 2.26. The van der Waals surface area contributed by atoms with E-state index >= 15 is 0 Å². The molecule has 0 radical (unpaired) electrons. The van der Waals surface area contributed by atoms with Gasteiger partial charge < -0.3 is 5.32 Å². The SMILES string of the molecule is CNC(Cc1ccc(Cl)c(F)c1)c1cc(F)cc(F)c1. The van der Waals surface area contributed by atoms with Gasteiger partial charge >= 0.3 is 0 Å². The summed E-state index contributed by atoms with van der Waals surface area (Å²) in [6, 6.07) is 7.49. The van der Waals surface area contributed by atoms with Crippen LogP contribution in [0.5, 0.6) is 0 Å². The lowest BCUT2D eigenvalue weighted by atomic mass is 9.98. The minimum atomic E-state index is -0.637. The molecule has 1 N–H and O–H groups in total. The topological polar surface area (TPSA) is 12.0 Å². The molecule has 0 bridgehead atoms. The third-order valence-corrected chi connectivity index (χ3v) is 3.37. The van der Waals surface area contributed by atoms with Gasteiger partial charge in [0.2, 0.25) is 0 Å². The molecular weight excluding hydrogens is 287 g/mol. The number of halogens is 4. The molecule has 0 aliphatic heterocycles. The zero-order valence-electron chi connectivity index (χ0n) is 10.8. The van der Waals surface area contributed by atoms with E-state index in [4.69, 9.17) is 11.6 Å². The molecule has 0 aliphatic carbocycles. The zero-order valence-corrected chi connectivity index (χ0v) is 11.5. The van der Waals surface area contributed by atoms with Crippen molar-refractivity contribution < 1.29 is 13.2 Å². The molecule has 5 heteroatoms. The van der Waals surface area contributed by atoms with Crippen molar-refractivity contribution in [2.45, 2.75) is 12.5 Å². The molecule has 0 saturated heterocycles. The van der Waals surface area contributed by atoms with E-state index in [9.17, 15) is 13.2 Å². The van der Waals surface area contributed by atoms with E-state index in [0.29, 0.717) is 17.5 Å². The van der Waals surface area contributed by atoms with Crippen LogP contribution in [-0.2, 0) is 6.42 Å². The van der Waals surface area contributed by atoms with Crippen LogP contribution in [0, 0.1) is 17.5 Å². The summed E-state index contributed by atoms with van der Waals surface area (Å²) in [6.07, 6.45) is 0.396. The Hall–Kier alpha value is -1.52. The predicted molar refractivity (Wildman–Crippen MR) is 73.3 cm³/mol. The first-order chi connectivity index (χ1) is 9.49. The summed E-state index contributed by atoms with van der Waals surface area (Å²) >= 11 is 5.62. The van der Waals surface area contributed by atoms with Gasteiger partial charge in [-0.2, -0.15) is 0 Å². The van der Waals surface area contributed by atoms with E-state index in [2.05, 4.69) is 5.32 Å². The summed E-state index contributed by atoms with van der Waals surface area (Å²) in [4.78, 5) is 0. The van der Waals surface area contributed by atoms with E-state index in [0.717, 1.165) is 6.07 Å². The standard InChI is InChI=1S/C15H13ClF3N/c1-20-15(10-6-11(17)8-12(18)7-10)5-9-2-3-13(16)14(19)4-9/h2-4,6-8,15,20H,5H2,1H3. The highest BCUT2D eigenvalue weighted by molar-refractivity contribution is 6.30. The van der Waals surface area contributed by atoms with Crippen LogP contribution < -0.4 is 5.32 Å². The Labute approximate surface area is 120 Å². The molecule has 0 spiro atoms. The van der Waals surface area contributed by atoms with Gasteiger partial charge in [0.15, 0.2) is 0 Å². The van der Waals surface area contributed by atoms with Gasteiger partial charge in [-0.3, -0.25) is 0 Å². The highest BCUT2D eigenvalue weighted by Gasteiger charge is 2.13. The van der Waals surface area contributed by atoms with E-state index in [-0.39, 0.29) is 11.1 Å². The Morgan fingerprint density at radius 1 is 1.05 bits per heavy atom. The van der Waals surface area contributed by atoms with Crippen molar-refractivity contribution in [1.29, 1.82) is 0 Å². The normalized spacial score (nSPS) is 12.4. The van der Waals surface area contributed by atoms with Gasteiger partial charge in [-0.05, 0) is 48.9 Å². The Kier molecular flexibility index (Phi) is 4.68. The van der Waals surface area contributed by atoms with Gasteiger partial charge in [-0.1, -0.05) is 17.7 Å². The van der Waals surface area contributed by atoms with Gasteiger partial charge in [0.25, 0.3) is 0 Å². The van der Waals surface area contributed by atoms with Crippen LogP contribution in [-0.4, -0.2) is 7.05 Å². The van der Waals surface area contributed by atoms with E-state index in [1.165, 1.54) is 24.3 Å². The van der Waals surface area contributed by atoms with Crippen LogP contribution in [0.2, 0.25) is 5.02 Å². The summed E-state index contributed by atoms with van der Waals surface area (Å²) in [7, 11) is 1.68. The molecule has 0 aromatic heterocycles. The fourth-order valence-corrected chi connectivity index (χ4v) is 2.18. The van der Waals surface area contributed by atoms with Crippen molar-refractivity contribution >= 4 is 11.6 Å². The maximum absolute atomic E-state index is 13.4. The smallest absolute Gasteiger partial charge is 0.142 e. The molecule has 20 heavy (non-hydrogen) atoms. The highest BCUT2D eigenvalue weighted by atomic mass is 35.5. The Morgan fingerprint density at radius 2 is 1.70 bits per heavy atom. The Bertz CT molecular complexity index is 596. The third kappa shape index (κ3) is 3.52. The fraction of sp³-hybridized carbons (Fsp3) is 0.200. The zero-order chi connectivity index (χ0) is 14.7. The van der Waals surface area contributed by atoms with Gasteiger partial charge in [0.1, 0.15) is 17.5 Å². The first-order valence-electron chi connectivity index (χ1n) is 6.07. The first-order valence-corrected chi connectivity index (χ1v) is 6.44. The average molecular weight is 300 g/mol. The maximum Gasteiger partial charge on any atom is 0.142 e. The molecule has 1 atom stereocenters. The number of nitrogens with one attached hydrogen (secondary N) is 1. The minimum Gasteiger partial charge on any atom is -0.313 e. The van der Waals surface area contributed by atoms with Crippen LogP contribution in [0.3, 0.4) is 0 Å². The van der Waals surface area contributed by atoms with Crippen molar-refractivity contribution in [3.8, 4) is 0 Å². The van der Waals surface area contributed by atoms with Gasteiger partial charge in [-0.25, -0.2) is 13.2 Å². The average Bonchev–Trinajstić information content (AvgIpc) is 2.38. The molecule has 0 fully saturated rings. The van der Waals surface area contributed by atoms with Crippen LogP contribution >= 0.6 is 11.6 Å². The monoisotopic (exact) mass is 299 g/mol. The largest absolute Gasteiger partial charge is 0.313 e. The number of rotatable bonds is 4. The van der Waals surface area contributed by atoms with Crippen molar-refractivity contribution in [3.63, 3.8) is 0 Å². The first kappa shape index (κ1) is 14.9. The molecular formula is C15H13ClF3N. The minimum absolute atomic E-state index is 0.0477. The molecule has 0 heterocycles. The number of benzene rings is 2. The fourth-order valence-electron chi connectivity index (χ4n) is 2.07. The summed E-state index contributed by atoms with van der Waals surface area (Å²) in [5.74, 6) is -1.78. The number of likely N-dealkylation sites (N-methyl/N-ethyl adjacent to an activating group) is 1. The number of hydrogen-bond acceptors (Lipinski definition) is 1. The van der Waals surface area contributed by atoms with Crippen molar-refractivity contribution in [3.05, 3.63) is 70.0 Å². The van der Waals surface area contributed by atoms with Crippen molar-refractivity contribution in [1.82, 2.24) is 5.32 Å². The highest BCUT2D eigenvalue weighted by Crippen LogP contribution is 2.23. The second-order valence-corrected chi connectivity index (χ2v) is 4.90. The molecule has 106 valence electrons. The second kappa shape index (κ2) is 6.29. The maximum atomic E-state index is 13.4. The summed E-state index contributed by atoms with van der Waals surface area (Å²) < 4.78 is 39.9. The second-order valence-electron chi connectivity index (χ2n) is 4.50. The van der Waals surface area contributed by atoms with Crippen molar-refractivity contribution in [2.75, 3.05) is 7.05 Å². The molecule has 2 rings (SSSR count). The quantitative estimate of drug-likeness (QED) is 0.889. The lowest BCUT2D eigenvalue weighted by Crippen LogP contribution is -2.19. The van der Waals surface area contributed by atoms with Crippen LogP contribution in [0.4, 0.5) is 13.2 Å². The molecule has 0 amide bonds. The van der Waals surface area contributed by atoms with Gasteiger partial charge in [-0.15, -0.1) is 0 Å². The van der Waals surface area contributed by atoms with Crippen LogP contribution in [0.25, 0.3) is 0 Å². The molecule has 0 aliphatic rings. The molecule has 2 aromatic carbocycles. The molecule has 1 unspecified atom stereocenters. The lowest BCUT2D eigenvalue weighted by molar-refractivity contribution is 0.549. The van der Waals surface area contributed by atoms with Gasteiger partial charge in [0.05, 0.1) is 5.02 Å². The van der Waals surface area contributed by atoms with Crippen LogP contribution in [0.1, 0.15) is 17.2 Å². The predicted octanol–water partition coefficient (Wildman–Crippen LogP) is 4.26. The molecule has 2 aromatic rings. The van der Waals surface area contributed by atoms with E-state index in [1.807, 2.05) is 0 Å². The van der Waals surface area contributed by atoms with Gasteiger partial charge in [0, 0.05) is 12.1 Å². The summed E-state index contributed by atoms with van der Waals surface area (Å²) in [5, 5.41) is 3.01. The number of hydrogen-bond donors (Lipinski definition) is 1. The summed E-state index contributed by atoms with van der Waals surface area (Å²) in [5.41, 5.74) is 1.16. The Morgan fingerprint density at radius 3 is 2.25 bits per heavy atom. The third-order valence-electron chi connectivity index (χ3n) is 3.06. The molecule has 0 saturated carbocycles. The van der Waals surface area contributed by atoms with E-state index < -0.39 is 17.5 Å². The lowest BCUT2D eigenvalue weighted by Gasteiger charge is -2.17. The van der Waals surface area contributed by atoms with Crippen molar-refractivity contribution in [2.24, 2.45) is 0 Å². The van der Waals surface area contributed by atoms with Crippen LogP contribution in [0.15, 0.2) is 36.4 Å². The molecule has 1 nitrogen and oxygen atoms in total.